The zero-order valence-electron chi connectivity index (χ0n) is 13.7. The summed E-state index contributed by atoms with van der Waals surface area (Å²) in [7, 11) is 0. The Kier molecular flexibility index (Phi) is 5.62. The van der Waals surface area contributed by atoms with Crippen LogP contribution in [0.3, 0.4) is 0 Å². The number of hydrogen-bond donors (Lipinski definition) is 2. The second kappa shape index (κ2) is 8.08. The van der Waals surface area contributed by atoms with Crippen LogP contribution >= 0.6 is 12.2 Å². The van der Waals surface area contributed by atoms with Crippen molar-refractivity contribution in [3.05, 3.63) is 84.4 Å². The van der Waals surface area contributed by atoms with E-state index in [2.05, 4.69) is 70.6 Å². The predicted molar refractivity (Wildman–Crippen MR) is 104 cm³/mol. The van der Waals surface area contributed by atoms with Gasteiger partial charge in [0.1, 0.15) is 0 Å². The van der Waals surface area contributed by atoms with Gasteiger partial charge in [-0.2, -0.15) is 0 Å². The maximum Gasteiger partial charge on any atom is 0.168 e. The number of thiocarbonyl (C=S) groups is 1. The van der Waals surface area contributed by atoms with Crippen LogP contribution in [-0.2, 0) is 12.8 Å². The summed E-state index contributed by atoms with van der Waals surface area (Å²) in [5.74, 6) is 0. The quantitative estimate of drug-likeness (QED) is 0.626. The number of benzene rings is 2. The average Bonchev–Trinajstić information content (AvgIpc) is 2.60. The van der Waals surface area contributed by atoms with Gasteiger partial charge in [-0.05, 0) is 23.3 Å². The monoisotopic (exact) mass is 337 g/mol. The van der Waals surface area contributed by atoms with Gasteiger partial charge in [-0.1, -0.05) is 66.7 Å². The molecule has 1 heterocycles. The average molecular weight is 337 g/mol. The maximum absolute atomic E-state index is 5.45. The molecule has 0 bridgehead atoms. The molecule has 1 saturated heterocycles. The highest BCUT2D eigenvalue weighted by atomic mass is 32.1. The number of nitrogens with one attached hydrogen (secondary N) is 2. The van der Waals surface area contributed by atoms with Crippen LogP contribution in [0.1, 0.15) is 11.1 Å². The SMILES string of the molecule is C=CCN1C(Cc2ccccc2)NC(=S)NC1Cc1ccccc1. The normalized spacial score (nSPS) is 20.9. The van der Waals surface area contributed by atoms with E-state index in [0.717, 1.165) is 24.5 Å². The van der Waals surface area contributed by atoms with E-state index in [9.17, 15) is 0 Å². The molecular formula is C20H23N3S. The smallest absolute Gasteiger partial charge is 0.168 e. The molecule has 1 aliphatic rings. The second-order valence-corrected chi connectivity index (χ2v) is 6.42. The first kappa shape index (κ1) is 16.7. The number of rotatable bonds is 6. The van der Waals surface area contributed by atoms with Gasteiger partial charge in [-0.3, -0.25) is 4.90 Å². The van der Waals surface area contributed by atoms with E-state index in [-0.39, 0.29) is 12.3 Å². The predicted octanol–water partition coefficient (Wildman–Crippen LogP) is 3.09. The summed E-state index contributed by atoms with van der Waals surface area (Å²) in [4.78, 5) is 2.39. The number of nitrogens with zero attached hydrogens (tertiary/aromatic N) is 1. The van der Waals surface area contributed by atoms with Gasteiger partial charge in [0.05, 0.1) is 12.3 Å². The van der Waals surface area contributed by atoms with Crippen LogP contribution in [0.25, 0.3) is 0 Å². The van der Waals surface area contributed by atoms with E-state index >= 15 is 0 Å². The molecule has 24 heavy (non-hydrogen) atoms. The van der Waals surface area contributed by atoms with E-state index < -0.39 is 0 Å². The Morgan fingerprint density at radius 2 is 1.33 bits per heavy atom. The lowest BCUT2D eigenvalue weighted by molar-refractivity contribution is 0.107. The van der Waals surface area contributed by atoms with Gasteiger partial charge in [0.15, 0.2) is 5.11 Å². The van der Waals surface area contributed by atoms with Crippen LogP contribution in [0.4, 0.5) is 0 Å². The van der Waals surface area contributed by atoms with Gasteiger partial charge in [0.2, 0.25) is 0 Å². The maximum atomic E-state index is 5.45. The molecule has 124 valence electrons. The van der Waals surface area contributed by atoms with E-state index in [0.29, 0.717) is 0 Å². The van der Waals surface area contributed by atoms with Crippen LogP contribution in [-0.4, -0.2) is 28.9 Å². The summed E-state index contributed by atoms with van der Waals surface area (Å²) in [6, 6.07) is 21.0. The highest BCUT2D eigenvalue weighted by Gasteiger charge is 2.31. The lowest BCUT2D eigenvalue weighted by Crippen LogP contribution is -2.67. The lowest BCUT2D eigenvalue weighted by Gasteiger charge is -2.44. The van der Waals surface area contributed by atoms with Crippen molar-refractivity contribution < 1.29 is 0 Å². The van der Waals surface area contributed by atoms with E-state index in [1.165, 1.54) is 11.1 Å². The minimum Gasteiger partial charge on any atom is -0.347 e. The van der Waals surface area contributed by atoms with Gasteiger partial charge >= 0.3 is 0 Å². The van der Waals surface area contributed by atoms with Gasteiger partial charge in [0.25, 0.3) is 0 Å². The summed E-state index contributed by atoms with van der Waals surface area (Å²) in [5, 5.41) is 7.55. The molecule has 2 atom stereocenters. The summed E-state index contributed by atoms with van der Waals surface area (Å²) in [6.45, 7) is 4.73. The minimum absolute atomic E-state index is 0.160. The third-order valence-electron chi connectivity index (χ3n) is 4.28. The van der Waals surface area contributed by atoms with Gasteiger partial charge in [0, 0.05) is 19.4 Å². The fourth-order valence-corrected chi connectivity index (χ4v) is 3.41. The van der Waals surface area contributed by atoms with Gasteiger partial charge in [-0.25, -0.2) is 0 Å². The number of hydrogen-bond acceptors (Lipinski definition) is 2. The topological polar surface area (TPSA) is 27.3 Å². The molecule has 3 nitrogen and oxygen atoms in total. The fraction of sp³-hybridized carbons (Fsp3) is 0.250. The van der Waals surface area contributed by atoms with Crippen molar-refractivity contribution in [1.29, 1.82) is 0 Å². The molecule has 0 aromatic heterocycles. The lowest BCUT2D eigenvalue weighted by atomic mass is 10.1. The van der Waals surface area contributed by atoms with Gasteiger partial charge < -0.3 is 10.6 Å². The second-order valence-electron chi connectivity index (χ2n) is 6.01. The Labute approximate surface area is 149 Å². The van der Waals surface area contributed by atoms with Crippen LogP contribution in [0.5, 0.6) is 0 Å². The largest absolute Gasteiger partial charge is 0.347 e. The molecule has 0 amide bonds. The Morgan fingerprint density at radius 3 is 1.75 bits per heavy atom. The van der Waals surface area contributed by atoms with Crippen LogP contribution in [0.2, 0.25) is 0 Å². The van der Waals surface area contributed by atoms with Crippen molar-refractivity contribution in [3.63, 3.8) is 0 Å². The summed E-state index contributed by atoms with van der Waals surface area (Å²) >= 11 is 5.45. The van der Waals surface area contributed by atoms with Gasteiger partial charge in [-0.15, -0.1) is 6.58 Å². The summed E-state index contributed by atoms with van der Waals surface area (Å²) < 4.78 is 0. The van der Waals surface area contributed by atoms with E-state index in [1.807, 2.05) is 18.2 Å². The van der Waals surface area contributed by atoms with Crippen LogP contribution in [0, 0.1) is 0 Å². The zero-order valence-corrected chi connectivity index (χ0v) is 14.5. The molecule has 2 aromatic carbocycles. The molecule has 0 spiro atoms. The van der Waals surface area contributed by atoms with Crippen molar-refractivity contribution >= 4 is 17.3 Å². The standard InChI is InChI=1S/C20H23N3S/c1-2-13-23-18(14-16-9-5-3-6-10-16)21-20(24)22-19(23)15-17-11-7-4-8-12-17/h2-12,18-19H,1,13-15H2,(H2,21,22,24). The first-order valence-electron chi connectivity index (χ1n) is 8.28. The summed E-state index contributed by atoms with van der Waals surface area (Å²) in [5.41, 5.74) is 2.60. The van der Waals surface area contributed by atoms with Crippen molar-refractivity contribution in [2.75, 3.05) is 6.54 Å². The summed E-state index contributed by atoms with van der Waals surface area (Å²) in [6.07, 6.45) is 4.08. The molecule has 0 saturated carbocycles. The highest BCUT2D eigenvalue weighted by molar-refractivity contribution is 7.80. The first-order valence-corrected chi connectivity index (χ1v) is 8.68. The molecule has 2 unspecified atom stereocenters. The van der Waals surface area contributed by atoms with Crippen molar-refractivity contribution in [2.24, 2.45) is 0 Å². The minimum atomic E-state index is 0.160. The van der Waals surface area contributed by atoms with E-state index in [1.54, 1.807) is 0 Å². The molecule has 0 aliphatic carbocycles. The van der Waals surface area contributed by atoms with Crippen molar-refractivity contribution in [2.45, 2.75) is 25.2 Å². The van der Waals surface area contributed by atoms with Crippen molar-refractivity contribution in [3.8, 4) is 0 Å². The van der Waals surface area contributed by atoms with Crippen molar-refractivity contribution in [1.82, 2.24) is 15.5 Å². The third-order valence-corrected chi connectivity index (χ3v) is 4.52. The molecule has 1 fully saturated rings. The van der Waals surface area contributed by atoms with E-state index in [4.69, 9.17) is 12.2 Å². The first-order chi connectivity index (χ1) is 11.8. The molecule has 4 heteroatoms. The molecule has 1 aliphatic heterocycles. The third kappa shape index (κ3) is 4.22. The Bertz CT molecular complexity index is 618. The molecular weight excluding hydrogens is 314 g/mol. The Balaban J connectivity index is 1.79. The molecule has 0 radical (unpaired) electrons. The molecule has 3 rings (SSSR count). The molecule has 2 N–H and O–H groups in total. The fourth-order valence-electron chi connectivity index (χ4n) is 3.14. The highest BCUT2D eigenvalue weighted by Crippen LogP contribution is 2.16. The zero-order chi connectivity index (χ0) is 16.8. The van der Waals surface area contributed by atoms with Crippen LogP contribution < -0.4 is 10.6 Å². The van der Waals surface area contributed by atoms with Crippen LogP contribution in [0.15, 0.2) is 73.3 Å². The Morgan fingerprint density at radius 1 is 0.875 bits per heavy atom. The molecule has 2 aromatic rings. The Hall–Kier alpha value is -2.17.